The van der Waals surface area contributed by atoms with E-state index in [9.17, 15) is 14.7 Å². The monoisotopic (exact) mass is 606 g/mol. The van der Waals surface area contributed by atoms with Crippen molar-refractivity contribution in [2.75, 3.05) is 26.4 Å². The molecule has 3 rings (SSSR count). The number of hydrogen-bond donors (Lipinski definition) is 1. The fraction of sp³-hybridized carbons (Fsp3) is 0.771. The third-order valence-electron chi connectivity index (χ3n) is 8.69. The predicted molar refractivity (Wildman–Crippen MR) is 167 cm³/mol. The van der Waals surface area contributed by atoms with Gasteiger partial charge in [-0.05, 0) is 45.1 Å². The highest BCUT2D eigenvalue weighted by atomic mass is 16.6. The third kappa shape index (κ3) is 13.3. The molecule has 1 aromatic rings. The van der Waals surface area contributed by atoms with E-state index < -0.39 is 0 Å². The third-order valence-corrected chi connectivity index (χ3v) is 8.69. The van der Waals surface area contributed by atoms with Crippen LogP contribution in [0.25, 0.3) is 0 Å². The Bertz CT molecular complexity index is 893. The van der Waals surface area contributed by atoms with Gasteiger partial charge in [-0.15, -0.1) is 0 Å². The molecule has 0 saturated carbocycles. The molecule has 43 heavy (non-hydrogen) atoms. The molecular formula is C35H58O8. The molecule has 8 nitrogen and oxygen atoms in total. The lowest BCUT2D eigenvalue weighted by Crippen LogP contribution is -2.37. The van der Waals surface area contributed by atoms with Crippen molar-refractivity contribution in [3.8, 4) is 0 Å². The van der Waals surface area contributed by atoms with Crippen LogP contribution in [0.2, 0.25) is 0 Å². The van der Waals surface area contributed by atoms with Gasteiger partial charge in [-0.25, -0.2) is 0 Å². The molecule has 0 aliphatic carbocycles. The summed E-state index contributed by atoms with van der Waals surface area (Å²) in [6.45, 7) is 14.1. The number of aliphatic hydroxyl groups excluding tert-OH is 1. The molecule has 0 radical (unpaired) electrons. The highest BCUT2D eigenvalue weighted by Crippen LogP contribution is 2.27. The van der Waals surface area contributed by atoms with E-state index in [0.29, 0.717) is 39.3 Å². The van der Waals surface area contributed by atoms with Crippen molar-refractivity contribution in [1.82, 2.24) is 0 Å². The summed E-state index contributed by atoms with van der Waals surface area (Å²) in [5, 5.41) is 9.45. The van der Waals surface area contributed by atoms with E-state index in [1.165, 1.54) is 0 Å². The number of cyclic esters (lactones) is 2. The Hall–Kier alpha value is -2.00. The fourth-order valence-corrected chi connectivity index (χ4v) is 5.60. The molecule has 0 amide bonds. The van der Waals surface area contributed by atoms with E-state index in [1.807, 2.05) is 45.9 Å². The molecule has 2 aliphatic rings. The maximum absolute atomic E-state index is 12.1. The summed E-state index contributed by atoms with van der Waals surface area (Å²) in [6, 6.07) is 10.2. The topological polar surface area (TPSA) is 101 Å². The minimum absolute atomic E-state index is 0.00927. The first-order valence-electron chi connectivity index (χ1n) is 16.6. The van der Waals surface area contributed by atoms with Gasteiger partial charge in [-0.2, -0.15) is 0 Å². The number of aliphatic hydroxyl groups is 1. The van der Waals surface area contributed by atoms with Gasteiger partial charge in [-0.3, -0.25) is 9.59 Å². The predicted octanol–water partition coefficient (Wildman–Crippen LogP) is 6.51. The number of esters is 2. The second-order valence-corrected chi connectivity index (χ2v) is 12.3. The fourth-order valence-electron chi connectivity index (χ4n) is 5.60. The van der Waals surface area contributed by atoms with Crippen molar-refractivity contribution in [3.63, 3.8) is 0 Å². The van der Waals surface area contributed by atoms with Gasteiger partial charge in [0.25, 0.3) is 0 Å². The van der Waals surface area contributed by atoms with Crippen LogP contribution in [0.15, 0.2) is 30.3 Å². The number of benzene rings is 1. The summed E-state index contributed by atoms with van der Waals surface area (Å²) in [5.74, 6) is -0.237. The zero-order valence-electron chi connectivity index (χ0n) is 27.5. The molecule has 246 valence electrons. The average Bonchev–Trinajstić information content (AvgIpc) is 3.07. The first-order valence-corrected chi connectivity index (χ1v) is 16.6. The number of carbonyl (C=O) groups excluding carboxylic acids is 2. The number of ether oxygens (including phenoxy) is 5. The highest BCUT2D eigenvalue weighted by molar-refractivity contribution is 5.72. The summed E-state index contributed by atoms with van der Waals surface area (Å²) < 4.78 is 29.0. The van der Waals surface area contributed by atoms with Crippen LogP contribution in [0.4, 0.5) is 0 Å². The second-order valence-electron chi connectivity index (χ2n) is 12.3. The molecule has 0 unspecified atom stereocenters. The Morgan fingerprint density at radius 3 is 1.74 bits per heavy atom. The Morgan fingerprint density at radius 1 is 0.767 bits per heavy atom. The van der Waals surface area contributed by atoms with E-state index in [0.717, 1.165) is 44.1 Å². The van der Waals surface area contributed by atoms with Crippen LogP contribution in [0.3, 0.4) is 0 Å². The first-order chi connectivity index (χ1) is 20.7. The Morgan fingerprint density at radius 2 is 1.26 bits per heavy atom. The van der Waals surface area contributed by atoms with Gasteiger partial charge in [0.05, 0.1) is 43.9 Å². The van der Waals surface area contributed by atoms with Crippen LogP contribution in [0, 0.1) is 23.7 Å². The molecule has 0 bridgehead atoms. The van der Waals surface area contributed by atoms with Crippen molar-refractivity contribution in [2.24, 2.45) is 23.7 Å². The normalized spacial score (nSPS) is 30.6. The van der Waals surface area contributed by atoms with Gasteiger partial charge in [0.15, 0.2) is 0 Å². The SMILES string of the molecule is CCCC[C@H]1[C@H](C)OC(=O)[C@@H](C)CCO[C@@H]1CO.CCCC[C@H]1[C@H](C)OC(=O)[C@@H](C)CCO[C@@H]1COCc1ccccc1. The van der Waals surface area contributed by atoms with Crippen LogP contribution >= 0.6 is 0 Å². The van der Waals surface area contributed by atoms with Crippen molar-refractivity contribution in [1.29, 1.82) is 0 Å². The number of carbonyl (C=O) groups is 2. The van der Waals surface area contributed by atoms with Crippen LogP contribution in [0.1, 0.15) is 98.5 Å². The van der Waals surface area contributed by atoms with Gasteiger partial charge in [0.1, 0.15) is 12.2 Å². The standard InChI is InChI=1S/C21H32O4.C14H26O4/c1-4-5-11-19-17(3)25-21(22)16(2)12-13-24-20(19)15-23-14-18-9-7-6-8-10-18;1-4-5-6-12-11(3)18-14(16)10(2)7-8-17-13(12)9-15/h6-10,16-17,19-20H,4-5,11-15H2,1-3H3;10-13,15H,4-9H2,1-3H3/t16-,17-,19-,20+;10-,11-,12-,13+/m00/s1. The molecular weight excluding hydrogens is 548 g/mol. The Balaban J connectivity index is 0.000000317. The number of rotatable bonds is 11. The van der Waals surface area contributed by atoms with Crippen molar-refractivity contribution >= 4 is 11.9 Å². The molecule has 2 aliphatic heterocycles. The number of unbranched alkanes of at least 4 members (excludes halogenated alkanes) is 2. The molecule has 1 N–H and O–H groups in total. The molecule has 1 aromatic carbocycles. The average molecular weight is 607 g/mol. The molecule has 8 heteroatoms. The van der Waals surface area contributed by atoms with Crippen molar-refractivity contribution in [3.05, 3.63) is 35.9 Å². The molecule has 2 saturated heterocycles. The summed E-state index contributed by atoms with van der Waals surface area (Å²) >= 11 is 0. The zero-order chi connectivity index (χ0) is 31.6. The van der Waals surface area contributed by atoms with Crippen LogP contribution in [-0.2, 0) is 39.9 Å². The van der Waals surface area contributed by atoms with E-state index in [2.05, 4.69) is 26.0 Å². The zero-order valence-corrected chi connectivity index (χ0v) is 27.5. The maximum atomic E-state index is 12.1. The minimum Gasteiger partial charge on any atom is -0.462 e. The second kappa shape index (κ2) is 20.9. The van der Waals surface area contributed by atoms with Gasteiger partial charge in [0, 0.05) is 25.0 Å². The van der Waals surface area contributed by atoms with Gasteiger partial charge in [-0.1, -0.05) is 83.7 Å². The first kappa shape index (κ1) is 37.2. The largest absolute Gasteiger partial charge is 0.462 e. The lowest BCUT2D eigenvalue weighted by atomic mass is 9.91. The van der Waals surface area contributed by atoms with Crippen LogP contribution in [-0.4, -0.2) is 67.9 Å². The van der Waals surface area contributed by atoms with E-state index in [-0.39, 0.29) is 66.6 Å². The molecule has 8 atom stereocenters. The van der Waals surface area contributed by atoms with Crippen LogP contribution < -0.4 is 0 Å². The minimum atomic E-state index is -0.218. The summed E-state index contributed by atoms with van der Waals surface area (Å²) in [7, 11) is 0. The smallest absolute Gasteiger partial charge is 0.309 e. The van der Waals surface area contributed by atoms with E-state index in [4.69, 9.17) is 23.7 Å². The quantitative estimate of drug-likeness (QED) is 0.285. The molecule has 2 fully saturated rings. The maximum Gasteiger partial charge on any atom is 0.309 e. The van der Waals surface area contributed by atoms with Gasteiger partial charge < -0.3 is 28.8 Å². The highest BCUT2D eigenvalue weighted by Gasteiger charge is 2.34. The summed E-state index contributed by atoms with van der Waals surface area (Å²) in [4.78, 5) is 24.0. The van der Waals surface area contributed by atoms with E-state index in [1.54, 1.807) is 0 Å². The Labute approximate surface area is 260 Å². The van der Waals surface area contributed by atoms with Crippen LogP contribution in [0.5, 0.6) is 0 Å². The molecule has 0 aromatic heterocycles. The molecule has 0 spiro atoms. The van der Waals surface area contributed by atoms with Crippen molar-refractivity contribution in [2.45, 2.75) is 124 Å². The van der Waals surface area contributed by atoms with Gasteiger partial charge >= 0.3 is 11.9 Å². The Kier molecular flexibility index (Phi) is 18.0. The van der Waals surface area contributed by atoms with Crippen molar-refractivity contribution < 1.29 is 38.4 Å². The van der Waals surface area contributed by atoms with Gasteiger partial charge in [0.2, 0.25) is 0 Å². The lowest BCUT2D eigenvalue weighted by molar-refractivity contribution is -0.157. The summed E-state index contributed by atoms with van der Waals surface area (Å²) in [5.41, 5.74) is 1.16. The van der Waals surface area contributed by atoms with E-state index >= 15 is 0 Å². The molecule has 2 heterocycles. The number of hydrogen-bond acceptors (Lipinski definition) is 8. The summed E-state index contributed by atoms with van der Waals surface area (Å²) in [6.07, 6.45) is 7.02. The lowest BCUT2D eigenvalue weighted by Gasteiger charge is -2.30.